The van der Waals surface area contributed by atoms with Gasteiger partial charge in [-0.25, -0.2) is 9.18 Å². The number of methoxy groups -OCH3 is 1. The number of halogens is 1. The van der Waals surface area contributed by atoms with Gasteiger partial charge in [0.1, 0.15) is 23.9 Å². The van der Waals surface area contributed by atoms with E-state index in [-0.39, 0.29) is 11.8 Å². The summed E-state index contributed by atoms with van der Waals surface area (Å²) in [4.78, 5) is 12.1. The molecule has 0 aliphatic rings. The normalized spacial score (nSPS) is 10.2. The minimum atomic E-state index is -0.321. The molecule has 0 spiro atoms. The summed E-state index contributed by atoms with van der Waals surface area (Å²) in [5, 5.41) is 5.58. The molecule has 0 aliphatic heterocycles. The van der Waals surface area contributed by atoms with Crippen molar-refractivity contribution in [2.45, 2.75) is 13.2 Å². The summed E-state index contributed by atoms with van der Waals surface area (Å²) in [6.45, 7) is 0.690. The summed E-state index contributed by atoms with van der Waals surface area (Å²) in [5.74, 6) is 1.07. The lowest BCUT2D eigenvalue weighted by Gasteiger charge is -2.11. The Morgan fingerprint density at radius 2 is 1.68 bits per heavy atom. The van der Waals surface area contributed by atoms with Crippen LogP contribution in [0, 0.1) is 5.82 Å². The van der Waals surface area contributed by atoms with Crippen molar-refractivity contribution >= 4 is 11.7 Å². The van der Waals surface area contributed by atoms with Gasteiger partial charge in [-0.1, -0.05) is 30.3 Å². The lowest BCUT2D eigenvalue weighted by atomic mass is 10.2. The Labute approximate surface area is 163 Å². The van der Waals surface area contributed by atoms with Gasteiger partial charge in [0.15, 0.2) is 0 Å². The van der Waals surface area contributed by atoms with Gasteiger partial charge < -0.3 is 20.1 Å². The third kappa shape index (κ3) is 5.74. The van der Waals surface area contributed by atoms with E-state index in [0.29, 0.717) is 24.6 Å². The molecule has 3 aromatic rings. The Bertz CT molecular complexity index is 929. The lowest BCUT2D eigenvalue weighted by molar-refractivity contribution is 0.251. The van der Waals surface area contributed by atoms with E-state index in [1.54, 1.807) is 43.5 Å². The predicted molar refractivity (Wildman–Crippen MR) is 106 cm³/mol. The van der Waals surface area contributed by atoms with E-state index in [0.717, 1.165) is 16.9 Å². The Hall–Kier alpha value is -3.54. The Morgan fingerprint density at radius 1 is 0.929 bits per heavy atom. The molecule has 3 aromatic carbocycles. The van der Waals surface area contributed by atoms with Gasteiger partial charge in [-0.15, -0.1) is 0 Å². The van der Waals surface area contributed by atoms with E-state index >= 15 is 0 Å². The molecule has 0 unspecified atom stereocenters. The summed E-state index contributed by atoms with van der Waals surface area (Å²) in [5.41, 5.74) is 2.40. The van der Waals surface area contributed by atoms with Crippen molar-refractivity contribution in [3.8, 4) is 11.5 Å². The highest BCUT2D eigenvalue weighted by Gasteiger charge is 2.04. The van der Waals surface area contributed by atoms with Crippen molar-refractivity contribution in [1.82, 2.24) is 5.32 Å². The number of benzene rings is 3. The molecule has 28 heavy (non-hydrogen) atoms. The molecule has 0 saturated carbocycles. The van der Waals surface area contributed by atoms with Gasteiger partial charge in [-0.05, 0) is 47.5 Å². The molecule has 0 heterocycles. The topological polar surface area (TPSA) is 59.6 Å². The van der Waals surface area contributed by atoms with Crippen molar-refractivity contribution < 1.29 is 18.7 Å². The molecule has 5 nitrogen and oxygen atoms in total. The van der Waals surface area contributed by atoms with Gasteiger partial charge in [0.25, 0.3) is 0 Å². The van der Waals surface area contributed by atoms with Crippen LogP contribution in [0.2, 0.25) is 0 Å². The zero-order chi connectivity index (χ0) is 19.8. The molecule has 0 aromatic heterocycles. The maximum Gasteiger partial charge on any atom is 0.319 e. The molecule has 0 radical (unpaired) electrons. The summed E-state index contributed by atoms with van der Waals surface area (Å²) in [7, 11) is 1.60. The second-order valence-corrected chi connectivity index (χ2v) is 6.10. The number of carbonyl (C=O) groups is 1. The van der Waals surface area contributed by atoms with E-state index in [4.69, 9.17) is 9.47 Å². The molecule has 144 valence electrons. The standard InChI is InChI=1S/C22H21FN2O3/c1-27-20-6-2-4-17(12-20)14-24-22(26)25-19-5-3-7-21(13-19)28-15-16-8-10-18(23)11-9-16/h2-13H,14-15H2,1H3,(H2,24,25,26). The number of urea groups is 1. The van der Waals surface area contributed by atoms with Crippen LogP contribution in [-0.4, -0.2) is 13.1 Å². The van der Waals surface area contributed by atoms with Gasteiger partial charge in [0.05, 0.1) is 7.11 Å². The number of carbonyl (C=O) groups excluding carboxylic acids is 1. The number of amides is 2. The molecule has 3 rings (SSSR count). The maximum atomic E-state index is 12.9. The van der Waals surface area contributed by atoms with Crippen molar-refractivity contribution in [3.05, 3.63) is 89.7 Å². The largest absolute Gasteiger partial charge is 0.497 e. The van der Waals surface area contributed by atoms with Crippen molar-refractivity contribution in [2.24, 2.45) is 0 Å². The lowest BCUT2D eigenvalue weighted by Crippen LogP contribution is -2.28. The van der Waals surface area contributed by atoms with Gasteiger partial charge >= 0.3 is 6.03 Å². The van der Waals surface area contributed by atoms with Crippen LogP contribution in [0.15, 0.2) is 72.8 Å². The van der Waals surface area contributed by atoms with E-state index in [1.807, 2.05) is 24.3 Å². The van der Waals surface area contributed by atoms with Crippen molar-refractivity contribution in [3.63, 3.8) is 0 Å². The molecule has 0 bridgehead atoms. The number of hydrogen-bond donors (Lipinski definition) is 2. The van der Waals surface area contributed by atoms with E-state index < -0.39 is 0 Å². The Balaban J connectivity index is 1.51. The second-order valence-electron chi connectivity index (χ2n) is 6.10. The Morgan fingerprint density at radius 3 is 2.46 bits per heavy atom. The molecular weight excluding hydrogens is 359 g/mol. The predicted octanol–water partition coefficient (Wildman–Crippen LogP) is 4.74. The highest BCUT2D eigenvalue weighted by molar-refractivity contribution is 5.89. The summed E-state index contributed by atoms with van der Waals surface area (Å²) >= 11 is 0. The minimum absolute atomic E-state index is 0.282. The molecule has 0 aliphatic carbocycles. The zero-order valence-electron chi connectivity index (χ0n) is 15.4. The third-order valence-electron chi connectivity index (χ3n) is 4.00. The van der Waals surface area contributed by atoms with Crippen LogP contribution in [0.3, 0.4) is 0 Å². The second kappa shape index (κ2) is 9.41. The molecule has 0 saturated heterocycles. The number of ether oxygens (including phenoxy) is 2. The van der Waals surface area contributed by atoms with Crippen LogP contribution in [0.5, 0.6) is 11.5 Å². The molecule has 0 fully saturated rings. The summed E-state index contributed by atoms with van der Waals surface area (Å²) < 4.78 is 23.8. The highest BCUT2D eigenvalue weighted by Crippen LogP contribution is 2.19. The first-order valence-electron chi connectivity index (χ1n) is 8.77. The van der Waals surface area contributed by atoms with E-state index in [1.165, 1.54) is 12.1 Å². The van der Waals surface area contributed by atoms with Gasteiger partial charge in [-0.2, -0.15) is 0 Å². The number of rotatable bonds is 7. The molecule has 2 amide bonds. The SMILES string of the molecule is COc1cccc(CNC(=O)Nc2cccc(OCc3ccc(F)cc3)c2)c1. The average Bonchev–Trinajstić information content (AvgIpc) is 2.72. The zero-order valence-corrected chi connectivity index (χ0v) is 15.4. The first kappa shape index (κ1) is 19.2. The van der Waals surface area contributed by atoms with Crippen LogP contribution in [0.4, 0.5) is 14.9 Å². The van der Waals surface area contributed by atoms with Gasteiger partial charge in [0.2, 0.25) is 0 Å². The quantitative estimate of drug-likeness (QED) is 0.623. The number of nitrogens with one attached hydrogen (secondary N) is 2. The molecular formula is C22H21FN2O3. The molecule has 2 N–H and O–H groups in total. The van der Waals surface area contributed by atoms with Crippen LogP contribution in [0.25, 0.3) is 0 Å². The van der Waals surface area contributed by atoms with Crippen LogP contribution < -0.4 is 20.1 Å². The number of hydrogen-bond acceptors (Lipinski definition) is 3. The van der Waals surface area contributed by atoms with Gasteiger partial charge in [-0.3, -0.25) is 0 Å². The van der Waals surface area contributed by atoms with Crippen LogP contribution in [0.1, 0.15) is 11.1 Å². The van der Waals surface area contributed by atoms with Crippen molar-refractivity contribution in [1.29, 1.82) is 0 Å². The van der Waals surface area contributed by atoms with Crippen LogP contribution in [-0.2, 0) is 13.2 Å². The summed E-state index contributed by atoms with van der Waals surface area (Å²) in [6.07, 6.45) is 0. The smallest absolute Gasteiger partial charge is 0.319 e. The van der Waals surface area contributed by atoms with Crippen molar-refractivity contribution in [2.75, 3.05) is 12.4 Å². The highest BCUT2D eigenvalue weighted by atomic mass is 19.1. The maximum absolute atomic E-state index is 12.9. The first-order valence-corrected chi connectivity index (χ1v) is 8.77. The fourth-order valence-corrected chi connectivity index (χ4v) is 2.55. The van der Waals surface area contributed by atoms with Gasteiger partial charge in [0, 0.05) is 18.3 Å². The monoisotopic (exact) mass is 380 g/mol. The fourth-order valence-electron chi connectivity index (χ4n) is 2.55. The fraction of sp³-hybridized carbons (Fsp3) is 0.136. The minimum Gasteiger partial charge on any atom is -0.497 e. The average molecular weight is 380 g/mol. The van der Waals surface area contributed by atoms with E-state index in [2.05, 4.69) is 10.6 Å². The van der Waals surface area contributed by atoms with Crippen LogP contribution >= 0.6 is 0 Å². The first-order chi connectivity index (χ1) is 13.6. The molecule has 0 atom stereocenters. The number of anilines is 1. The third-order valence-corrected chi connectivity index (χ3v) is 4.00. The Kier molecular flexibility index (Phi) is 6.46. The van der Waals surface area contributed by atoms with E-state index in [9.17, 15) is 9.18 Å². The summed E-state index contributed by atoms with van der Waals surface area (Å²) in [6, 6.07) is 20.4. The molecule has 6 heteroatoms.